The SMILES string of the molecule is CC.CN1CCC/C(=N\Nc2ccc(S(=O)(=O)c3ccccc3)cc2)CC1. The standard InChI is InChI=1S/C19H23N3O2S.C2H6/c1-22-14-5-6-16(13-15-22)20-21-17-9-11-19(12-10-17)25(23,24)18-7-3-2-4-8-18;1-2/h2-4,7-12,21H,5-6,13-15H2,1H3;1-2H3/b20-16+;. The highest BCUT2D eigenvalue weighted by atomic mass is 32.2. The van der Waals surface area contributed by atoms with Gasteiger partial charge in [0, 0.05) is 18.7 Å². The number of likely N-dealkylation sites (tertiary alicyclic amines) is 1. The molecule has 0 bridgehead atoms. The molecule has 1 saturated heterocycles. The summed E-state index contributed by atoms with van der Waals surface area (Å²) in [6.45, 7) is 6.12. The van der Waals surface area contributed by atoms with Crippen molar-refractivity contribution in [3.05, 3.63) is 54.6 Å². The second kappa shape index (κ2) is 10.2. The van der Waals surface area contributed by atoms with E-state index in [1.165, 1.54) is 0 Å². The lowest BCUT2D eigenvalue weighted by molar-refractivity contribution is 0.352. The average molecular weight is 388 g/mol. The largest absolute Gasteiger partial charge is 0.306 e. The first kappa shape index (κ1) is 21.1. The first-order valence-corrected chi connectivity index (χ1v) is 10.9. The van der Waals surface area contributed by atoms with Gasteiger partial charge in [0.05, 0.1) is 15.5 Å². The van der Waals surface area contributed by atoms with Gasteiger partial charge in [-0.3, -0.25) is 5.43 Å². The van der Waals surface area contributed by atoms with Gasteiger partial charge in [0.2, 0.25) is 9.84 Å². The average Bonchev–Trinajstić information content (AvgIpc) is 2.93. The molecule has 2 aromatic rings. The number of nitrogens with zero attached hydrogens (tertiary/aromatic N) is 2. The zero-order valence-corrected chi connectivity index (χ0v) is 17.2. The fraction of sp³-hybridized carbons (Fsp3) is 0.381. The van der Waals surface area contributed by atoms with Gasteiger partial charge in [-0.2, -0.15) is 5.10 Å². The van der Waals surface area contributed by atoms with Gasteiger partial charge < -0.3 is 4.90 Å². The van der Waals surface area contributed by atoms with Crippen LogP contribution in [0.1, 0.15) is 33.1 Å². The molecule has 0 amide bonds. The molecule has 0 radical (unpaired) electrons. The molecule has 1 fully saturated rings. The molecule has 0 spiro atoms. The van der Waals surface area contributed by atoms with E-state index >= 15 is 0 Å². The van der Waals surface area contributed by atoms with E-state index in [4.69, 9.17) is 0 Å². The third kappa shape index (κ3) is 5.91. The Morgan fingerprint density at radius 1 is 0.889 bits per heavy atom. The van der Waals surface area contributed by atoms with Gasteiger partial charge in [0.15, 0.2) is 0 Å². The van der Waals surface area contributed by atoms with Crippen LogP contribution in [0.3, 0.4) is 0 Å². The Morgan fingerprint density at radius 2 is 1.52 bits per heavy atom. The fourth-order valence-corrected chi connectivity index (χ4v) is 4.09. The van der Waals surface area contributed by atoms with E-state index in [9.17, 15) is 8.42 Å². The summed E-state index contributed by atoms with van der Waals surface area (Å²) in [6, 6.07) is 15.2. The third-order valence-corrected chi connectivity index (χ3v) is 6.13. The molecular weight excluding hydrogens is 358 g/mol. The van der Waals surface area contributed by atoms with Crippen molar-refractivity contribution in [3.63, 3.8) is 0 Å². The third-order valence-electron chi connectivity index (χ3n) is 4.35. The van der Waals surface area contributed by atoms with E-state index in [2.05, 4.69) is 22.5 Å². The van der Waals surface area contributed by atoms with Gasteiger partial charge in [-0.1, -0.05) is 32.0 Å². The molecule has 3 rings (SSSR count). The first-order valence-electron chi connectivity index (χ1n) is 9.46. The van der Waals surface area contributed by atoms with E-state index in [0.29, 0.717) is 4.90 Å². The predicted molar refractivity (Wildman–Crippen MR) is 112 cm³/mol. The van der Waals surface area contributed by atoms with Crippen LogP contribution in [0.25, 0.3) is 0 Å². The van der Waals surface area contributed by atoms with E-state index in [-0.39, 0.29) is 4.90 Å². The van der Waals surface area contributed by atoms with Crippen LogP contribution in [-0.4, -0.2) is 39.2 Å². The predicted octanol–water partition coefficient (Wildman–Crippen LogP) is 4.43. The normalized spacial score (nSPS) is 16.9. The number of rotatable bonds is 4. The lowest BCUT2D eigenvalue weighted by atomic mass is 10.2. The van der Waals surface area contributed by atoms with Crippen LogP contribution in [0.2, 0.25) is 0 Å². The highest BCUT2D eigenvalue weighted by Crippen LogP contribution is 2.22. The summed E-state index contributed by atoms with van der Waals surface area (Å²) in [6.07, 6.45) is 3.08. The summed E-state index contributed by atoms with van der Waals surface area (Å²) in [7, 11) is -1.34. The van der Waals surface area contributed by atoms with E-state index in [1.54, 1.807) is 54.6 Å². The summed E-state index contributed by atoms with van der Waals surface area (Å²) in [4.78, 5) is 2.90. The lowest BCUT2D eigenvalue weighted by Gasteiger charge is -2.10. The second-order valence-corrected chi connectivity index (χ2v) is 8.24. The number of sulfone groups is 1. The minimum atomic E-state index is -3.47. The molecule has 0 unspecified atom stereocenters. The smallest absolute Gasteiger partial charge is 0.206 e. The summed E-state index contributed by atoms with van der Waals surface area (Å²) >= 11 is 0. The van der Waals surface area contributed by atoms with E-state index in [1.807, 2.05) is 13.8 Å². The van der Waals surface area contributed by atoms with Crippen LogP contribution < -0.4 is 5.43 Å². The summed E-state index contributed by atoms with van der Waals surface area (Å²) < 4.78 is 25.1. The molecule has 0 aromatic heterocycles. The van der Waals surface area contributed by atoms with Crippen LogP contribution in [0.4, 0.5) is 5.69 Å². The molecule has 0 saturated carbocycles. The van der Waals surface area contributed by atoms with Crippen molar-refractivity contribution in [1.29, 1.82) is 0 Å². The van der Waals surface area contributed by atoms with Crippen LogP contribution >= 0.6 is 0 Å². The minimum Gasteiger partial charge on any atom is -0.306 e. The maximum absolute atomic E-state index is 12.6. The molecule has 146 valence electrons. The number of hydrogen-bond acceptors (Lipinski definition) is 5. The number of benzene rings is 2. The molecule has 0 aliphatic carbocycles. The quantitative estimate of drug-likeness (QED) is 0.789. The Bertz CT molecular complexity index is 831. The van der Waals surface area contributed by atoms with E-state index < -0.39 is 9.84 Å². The Balaban J connectivity index is 0.00000126. The first-order chi connectivity index (χ1) is 13.1. The van der Waals surface area contributed by atoms with Gasteiger partial charge in [0.25, 0.3) is 0 Å². The number of nitrogens with one attached hydrogen (secondary N) is 1. The molecule has 1 aliphatic rings. The Morgan fingerprint density at radius 3 is 2.19 bits per heavy atom. The van der Waals surface area contributed by atoms with Gasteiger partial charge in [-0.05, 0) is 62.8 Å². The Kier molecular flexibility index (Phi) is 8.00. The topological polar surface area (TPSA) is 61.8 Å². The van der Waals surface area contributed by atoms with Gasteiger partial charge in [-0.15, -0.1) is 0 Å². The molecule has 2 aromatic carbocycles. The summed E-state index contributed by atoms with van der Waals surface area (Å²) in [5.41, 5.74) is 5.00. The molecule has 0 atom stereocenters. The Hall–Kier alpha value is -2.18. The molecule has 5 nitrogen and oxygen atoms in total. The van der Waals surface area contributed by atoms with Crippen molar-refractivity contribution in [2.24, 2.45) is 5.10 Å². The highest BCUT2D eigenvalue weighted by molar-refractivity contribution is 7.91. The van der Waals surface area contributed by atoms with Crippen molar-refractivity contribution in [3.8, 4) is 0 Å². The Labute approximate surface area is 163 Å². The van der Waals surface area contributed by atoms with Crippen molar-refractivity contribution < 1.29 is 8.42 Å². The maximum Gasteiger partial charge on any atom is 0.206 e. The number of hydrogen-bond donors (Lipinski definition) is 1. The van der Waals surface area contributed by atoms with Gasteiger partial charge in [-0.25, -0.2) is 8.42 Å². The van der Waals surface area contributed by atoms with Gasteiger partial charge in [0.1, 0.15) is 0 Å². The van der Waals surface area contributed by atoms with Crippen molar-refractivity contribution in [2.45, 2.75) is 42.9 Å². The van der Waals surface area contributed by atoms with Crippen LogP contribution in [0.5, 0.6) is 0 Å². The van der Waals surface area contributed by atoms with Crippen molar-refractivity contribution >= 4 is 21.2 Å². The van der Waals surface area contributed by atoms with Crippen molar-refractivity contribution in [2.75, 3.05) is 25.6 Å². The second-order valence-electron chi connectivity index (χ2n) is 6.29. The molecule has 1 N–H and O–H groups in total. The zero-order valence-electron chi connectivity index (χ0n) is 16.4. The molecule has 1 aliphatic heterocycles. The molecule has 6 heteroatoms. The van der Waals surface area contributed by atoms with Crippen LogP contribution in [0.15, 0.2) is 69.5 Å². The molecule has 1 heterocycles. The summed E-state index contributed by atoms with van der Waals surface area (Å²) in [5, 5.41) is 4.49. The van der Waals surface area contributed by atoms with E-state index in [0.717, 1.165) is 43.8 Å². The van der Waals surface area contributed by atoms with Crippen LogP contribution in [0, 0.1) is 0 Å². The van der Waals surface area contributed by atoms with Gasteiger partial charge >= 0.3 is 0 Å². The summed E-state index contributed by atoms with van der Waals surface area (Å²) in [5.74, 6) is 0. The minimum absolute atomic E-state index is 0.285. The fourth-order valence-electron chi connectivity index (χ4n) is 2.81. The number of hydrazone groups is 1. The molecular formula is C21H29N3O2S. The van der Waals surface area contributed by atoms with Crippen LogP contribution in [-0.2, 0) is 9.84 Å². The molecule has 27 heavy (non-hydrogen) atoms. The monoisotopic (exact) mass is 387 g/mol. The highest BCUT2D eigenvalue weighted by Gasteiger charge is 2.16. The van der Waals surface area contributed by atoms with Crippen molar-refractivity contribution in [1.82, 2.24) is 4.90 Å². The zero-order chi connectivity index (χ0) is 19.7. The number of anilines is 1. The lowest BCUT2D eigenvalue weighted by Crippen LogP contribution is -2.18. The maximum atomic E-state index is 12.6.